The fourth-order valence-corrected chi connectivity index (χ4v) is 2.39. The second-order valence-corrected chi connectivity index (χ2v) is 5.05. The monoisotopic (exact) mass is 282 g/mol. The van der Waals surface area contributed by atoms with Crippen molar-refractivity contribution in [3.05, 3.63) is 44.9 Å². The van der Waals surface area contributed by atoms with Gasteiger partial charge in [-0.2, -0.15) is 0 Å². The van der Waals surface area contributed by atoms with E-state index in [1.807, 2.05) is 25.1 Å². The van der Waals surface area contributed by atoms with Crippen molar-refractivity contribution in [2.24, 2.45) is 0 Å². The van der Waals surface area contributed by atoms with E-state index in [-0.39, 0.29) is 5.01 Å². The third-order valence-electron chi connectivity index (χ3n) is 2.32. The van der Waals surface area contributed by atoms with E-state index >= 15 is 0 Å². The molecule has 2 aromatic rings. The van der Waals surface area contributed by atoms with Crippen molar-refractivity contribution in [1.82, 2.24) is 4.98 Å². The summed E-state index contributed by atoms with van der Waals surface area (Å²) in [6.07, 6.45) is 0. The normalized spacial score (nSPS) is 10.3. The number of anilines is 1. The van der Waals surface area contributed by atoms with Gasteiger partial charge in [-0.05, 0) is 24.6 Å². The fraction of sp³-hybridized carbons (Fsp3) is 0.167. The molecule has 1 aromatic carbocycles. The van der Waals surface area contributed by atoms with E-state index in [0.29, 0.717) is 17.3 Å². The first kappa shape index (κ1) is 12.9. The van der Waals surface area contributed by atoms with Crippen LogP contribution in [-0.2, 0) is 6.54 Å². The molecule has 0 bridgehead atoms. The van der Waals surface area contributed by atoms with Crippen LogP contribution in [0, 0.1) is 6.92 Å². The van der Waals surface area contributed by atoms with Gasteiger partial charge in [-0.25, -0.2) is 9.78 Å². The summed E-state index contributed by atoms with van der Waals surface area (Å²) in [5.74, 6) is -1.00. The minimum atomic E-state index is -1.00. The first-order valence-electron chi connectivity index (χ1n) is 5.24. The summed E-state index contributed by atoms with van der Waals surface area (Å²) in [4.78, 5) is 14.7. The lowest BCUT2D eigenvalue weighted by Crippen LogP contribution is -2.02. The Bertz CT molecular complexity index is 583. The molecule has 0 spiro atoms. The van der Waals surface area contributed by atoms with Crippen LogP contribution in [0.1, 0.15) is 21.1 Å². The molecule has 1 aromatic heterocycles. The maximum atomic E-state index is 10.7. The smallest absolute Gasteiger partial charge is 0.365 e. The number of thiazole rings is 1. The number of carboxylic acids is 1. The lowest BCUT2D eigenvalue weighted by Gasteiger charge is -2.07. The van der Waals surface area contributed by atoms with Gasteiger partial charge >= 0.3 is 5.97 Å². The SMILES string of the molecule is Cc1ccc(NCc2csc(C(=O)O)n2)c(Cl)c1. The molecule has 0 aliphatic rings. The summed E-state index contributed by atoms with van der Waals surface area (Å²) in [6.45, 7) is 2.42. The molecule has 0 aliphatic carbocycles. The molecule has 0 saturated heterocycles. The second-order valence-electron chi connectivity index (χ2n) is 3.79. The lowest BCUT2D eigenvalue weighted by molar-refractivity contribution is 0.0696. The quantitative estimate of drug-likeness (QED) is 0.902. The molecule has 94 valence electrons. The van der Waals surface area contributed by atoms with Gasteiger partial charge in [0.05, 0.1) is 22.9 Å². The molecule has 2 N–H and O–H groups in total. The predicted octanol–water partition coefficient (Wildman–Crippen LogP) is 3.42. The lowest BCUT2D eigenvalue weighted by atomic mass is 10.2. The molecule has 0 atom stereocenters. The average Bonchev–Trinajstić information content (AvgIpc) is 2.76. The van der Waals surface area contributed by atoms with Crippen LogP contribution in [0.5, 0.6) is 0 Å². The fourth-order valence-electron chi connectivity index (χ4n) is 1.44. The maximum Gasteiger partial charge on any atom is 0.365 e. The summed E-state index contributed by atoms with van der Waals surface area (Å²) < 4.78 is 0. The van der Waals surface area contributed by atoms with E-state index in [9.17, 15) is 4.79 Å². The van der Waals surface area contributed by atoms with Crippen LogP contribution in [0.4, 0.5) is 5.69 Å². The highest BCUT2D eigenvalue weighted by Crippen LogP contribution is 2.23. The number of aryl methyl sites for hydroxylation is 1. The van der Waals surface area contributed by atoms with E-state index < -0.39 is 5.97 Å². The predicted molar refractivity (Wildman–Crippen MR) is 72.6 cm³/mol. The molecule has 0 radical (unpaired) electrons. The first-order valence-corrected chi connectivity index (χ1v) is 6.50. The largest absolute Gasteiger partial charge is 0.476 e. The summed E-state index contributed by atoms with van der Waals surface area (Å²) in [5.41, 5.74) is 2.59. The summed E-state index contributed by atoms with van der Waals surface area (Å²) in [6, 6.07) is 5.72. The third kappa shape index (κ3) is 3.00. The maximum absolute atomic E-state index is 10.7. The van der Waals surface area contributed by atoms with Gasteiger partial charge in [-0.15, -0.1) is 11.3 Å². The molecule has 0 fully saturated rings. The third-order valence-corrected chi connectivity index (χ3v) is 3.51. The van der Waals surface area contributed by atoms with Crippen LogP contribution >= 0.6 is 22.9 Å². The molecular formula is C12H11ClN2O2S. The average molecular weight is 283 g/mol. The van der Waals surface area contributed by atoms with Crippen molar-refractivity contribution in [3.8, 4) is 0 Å². The van der Waals surface area contributed by atoms with Crippen LogP contribution in [0.15, 0.2) is 23.6 Å². The van der Waals surface area contributed by atoms with Crippen molar-refractivity contribution >= 4 is 34.6 Å². The number of nitrogens with one attached hydrogen (secondary N) is 1. The molecule has 18 heavy (non-hydrogen) atoms. The van der Waals surface area contributed by atoms with E-state index in [1.54, 1.807) is 5.38 Å². The molecule has 6 heteroatoms. The Morgan fingerprint density at radius 3 is 2.94 bits per heavy atom. The van der Waals surface area contributed by atoms with Crippen LogP contribution in [-0.4, -0.2) is 16.1 Å². The Hall–Kier alpha value is -1.59. The number of aromatic carboxylic acids is 1. The zero-order valence-electron chi connectivity index (χ0n) is 9.61. The number of nitrogens with zero attached hydrogens (tertiary/aromatic N) is 1. The van der Waals surface area contributed by atoms with Gasteiger partial charge in [0.15, 0.2) is 0 Å². The summed E-state index contributed by atoms with van der Waals surface area (Å²) in [7, 11) is 0. The molecule has 1 heterocycles. The second kappa shape index (κ2) is 5.37. The zero-order valence-corrected chi connectivity index (χ0v) is 11.2. The molecule has 0 saturated carbocycles. The van der Waals surface area contributed by atoms with Gasteiger partial charge in [0, 0.05) is 5.38 Å². The van der Waals surface area contributed by atoms with Gasteiger partial charge < -0.3 is 10.4 Å². The first-order chi connectivity index (χ1) is 8.56. The molecule has 2 rings (SSSR count). The standard InChI is InChI=1S/C12H11ClN2O2S/c1-7-2-3-10(9(13)4-7)14-5-8-6-18-11(15-8)12(16)17/h2-4,6,14H,5H2,1H3,(H,16,17). The van der Waals surface area contributed by atoms with Crippen LogP contribution in [0.2, 0.25) is 5.02 Å². The topological polar surface area (TPSA) is 62.2 Å². The molecule has 0 unspecified atom stereocenters. The number of aromatic nitrogens is 1. The van der Waals surface area contributed by atoms with Gasteiger partial charge in [0.1, 0.15) is 0 Å². The van der Waals surface area contributed by atoms with E-state index in [1.165, 1.54) is 0 Å². The number of hydrogen-bond acceptors (Lipinski definition) is 4. The summed E-state index contributed by atoms with van der Waals surface area (Å²) >= 11 is 7.19. The molecule has 0 amide bonds. The Balaban J connectivity index is 2.04. The van der Waals surface area contributed by atoms with Crippen molar-refractivity contribution in [3.63, 3.8) is 0 Å². The Morgan fingerprint density at radius 1 is 1.56 bits per heavy atom. The minimum Gasteiger partial charge on any atom is -0.476 e. The number of carbonyl (C=O) groups is 1. The van der Waals surface area contributed by atoms with Crippen molar-refractivity contribution < 1.29 is 9.90 Å². The highest BCUT2D eigenvalue weighted by molar-refractivity contribution is 7.11. The number of hydrogen-bond donors (Lipinski definition) is 2. The van der Waals surface area contributed by atoms with Gasteiger partial charge in [-0.3, -0.25) is 0 Å². The van der Waals surface area contributed by atoms with Gasteiger partial charge in [0.2, 0.25) is 5.01 Å². The summed E-state index contributed by atoms with van der Waals surface area (Å²) in [5, 5.41) is 14.4. The van der Waals surface area contributed by atoms with E-state index in [4.69, 9.17) is 16.7 Å². The molecule has 4 nitrogen and oxygen atoms in total. The van der Waals surface area contributed by atoms with Crippen molar-refractivity contribution in [2.75, 3.05) is 5.32 Å². The number of benzene rings is 1. The Morgan fingerprint density at radius 2 is 2.33 bits per heavy atom. The zero-order chi connectivity index (χ0) is 13.1. The number of halogens is 1. The van der Waals surface area contributed by atoms with E-state index in [0.717, 1.165) is 22.6 Å². The highest BCUT2D eigenvalue weighted by Gasteiger charge is 2.09. The Kier molecular flexibility index (Phi) is 3.84. The van der Waals surface area contributed by atoms with Crippen LogP contribution < -0.4 is 5.32 Å². The van der Waals surface area contributed by atoms with Crippen molar-refractivity contribution in [1.29, 1.82) is 0 Å². The number of carboxylic acid groups (broad SMARTS) is 1. The molecular weight excluding hydrogens is 272 g/mol. The van der Waals surface area contributed by atoms with Crippen molar-refractivity contribution in [2.45, 2.75) is 13.5 Å². The van der Waals surface area contributed by atoms with Gasteiger partial charge in [0.25, 0.3) is 0 Å². The molecule has 0 aliphatic heterocycles. The Labute approximate surface area is 113 Å². The number of rotatable bonds is 4. The van der Waals surface area contributed by atoms with Gasteiger partial charge in [-0.1, -0.05) is 17.7 Å². The minimum absolute atomic E-state index is 0.0989. The van der Waals surface area contributed by atoms with Crippen LogP contribution in [0.3, 0.4) is 0 Å². The van der Waals surface area contributed by atoms with E-state index in [2.05, 4.69) is 10.3 Å². The highest BCUT2D eigenvalue weighted by atomic mass is 35.5. The van der Waals surface area contributed by atoms with Crippen LogP contribution in [0.25, 0.3) is 0 Å².